The molecule has 0 aromatic heterocycles. The third-order valence-corrected chi connectivity index (χ3v) is 1.86. The van der Waals surface area contributed by atoms with Crippen molar-refractivity contribution in [3.05, 3.63) is 0 Å². The molecule has 124 valence electrons. The molecule has 0 heterocycles. The standard InChI is InChI=1S/C15H28O6/c1-14(2,3)20-12(16)10-18-8-7-9-19-11-13(17)21-15(4,5)6/h7-11H2,1-6H3. The molecule has 0 aliphatic rings. The van der Waals surface area contributed by atoms with Crippen LogP contribution in [0.4, 0.5) is 0 Å². The Labute approximate surface area is 127 Å². The zero-order valence-corrected chi connectivity index (χ0v) is 14.0. The van der Waals surface area contributed by atoms with Crippen molar-refractivity contribution in [2.24, 2.45) is 0 Å². The lowest BCUT2D eigenvalue weighted by Crippen LogP contribution is -2.27. The number of esters is 2. The molecule has 6 heteroatoms. The van der Waals surface area contributed by atoms with E-state index in [9.17, 15) is 9.59 Å². The zero-order chi connectivity index (χ0) is 16.5. The predicted octanol–water partition coefficient (Wildman–Crippen LogP) is 2.09. The average Bonchev–Trinajstić information content (AvgIpc) is 2.22. The molecule has 6 nitrogen and oxygen atoms in total. The highest BCUT2D eigenvalue weighted by molar-refractivity contribution is 5.71. The summed E-state index contributed by atoms with van der Waals surface area (Å²) in [7, 11) is 0. The Hall–Kier alpha value is -1.14. The van der Waals surface area contributed by atoms with E-state index in [2.05, 4.69) is 0 Å². The summed E-state index contributed by atoms with van der Waals surface area (Å²) in [6.45, 7) is 11.4. The fourth-order valence-electron chi connectivity index (χ4n) is 1.32. The van der Waals surface area contributed by atoms with Crippen LogP contribution in [0, 0.1) is 0 Å². The molecule has 0 saturated heterocycles. The van der Waals surface area contributed by atoms with Gasteiger partial charge >= 0.3 is 11.9 Å². The molecule has 0 bridgehead atoms. The van der Waals surface area contributed by atoms with Gasteiger partial charge in [-0.15, -0.1) is 0 Å². The van der Waals surface area contributed by atoms with Crippen LogP contribution in [0.25, 0.3) is 0 Å². The molecule has 0 saturated carbocycles. The minimum Gasteiger partial charge on any atom is -0.458 e. The number of hydrogen-bond acceptors (Lipinski definition) is 6. The molecule has 0 radical (unpaired) electrons. The van der Waals surface area contributed by atoms with Gasteiger partial charge in [0.05, 0.1) is 0 Å². The van der Waals surface area contributed by atoms with E-state index in [-0.39, 0.29) is 13.2 Å². The summed E-state index contributed by atoms with van der Waals surface area (Å²) in [4.78, 5) is 22.7. The number of carbonyl (C=O) groups is 2. The van der Waals surface area contributed by atoms with Gasteiger partial charge in [-0.05, 0) is 48.0 Å². The second-order valence-corrected chi connectivity index (χ2v) is 6.63. The normalized spacial score (nSPS) is 12.1. The van der Waals surface area contributed by atoms with E-state index in [1.54, 1.807) is 41.5 Å². The first kappa shape index (κ1) is 19.9. The molecular weight excluding hydrogens is 276 g/mol. The Morgan fingerprint density at radius 3 is 1.33 bits per heavy atom. The first-order valence-electron chi connectivity index (χ1n) is 7.09. The predicted molar refractivity (Wildman–Crippen MR) is 77.9 cm³/mol. The third kappa shape index (κ3) is 15.1. The Morgan fingerprint density at radius 1 is 0.714 bits per heavy atom. The van der Waals surface area contributed by atoms with Gasteiger partial charge in [0.15, 0.2) is 0 Å². The molecule has 0 spiro atoms. The summed E-state index contributed by atoms with van der Waals surface area (Å²) in [5.74, 6) is -0.783. The maximum Gasteiger partial charge on any atom is 0.332 e. The van der Waals surface area contributed by atoms with E-state index in [4.69, 9.17) is 18.9 Å². The first-order chi connectivity index (χ1) is 9.49. The maximum atomic E-state index is 11.3. The van der Waals surface area contributed by atoms with E-state index < -0.39 is 23.1 Å². The summed E-state index contributed by atoms with van der Waals surface area (Å²) in [6.07, 6.45) is 0.589. The number of carbonyl (C=O) groups excluding carboxylic acids is 2. The van der Waals surface area contributed by atoms with Crippen LogP contribution in [0.1, 0.15) is 48.0 Å². The molecule has 0 amide bonds. The van der Waals surface area contributed by atoms with Crippen molar-refractivity contribution in [3.63, 3.8) is 0 Å². The van der Waals surface area contributed by atoms with Crippen molar-refractivity contribution in [1.29, 1.82) is 0 Å². The van der Waals surface area contributed by atoms with Crippen LogP contribution in [0.15, 0.2) is 0 Å². The van der Waals surface area contributed by atoms with Gasteiger partial charge in [-0.25, -0.2) is 9.59 Å². The molecule has 0 aromatic rings. The van der Waals surface area contributed by atoms with Gasteiger partial charge in [0.2, 0.25) is 0 Å². The Kier molecular flexibility index (Phi) is 8.51. The highest BCUT2D eigenvalue weighted by Crippen LogP contribution is 2.07. The van der Waals surface area contributed by atoms with E-state index in [1.165, 1.54) is 0 Å². The monoisotopic (exact) mass is 304 g/mol. The number of ether oxygens (including phenoxy) is 4. The molecule has 0 aliphatic carbocycles. The fourth-order valence-corrected chi connectivity index (χ4v) is 1.32. The third-order valence-electron chi connectivity index (χ3n) is 1.86. The highest BCUT2D eigenvalue weighted by atomic mass is 16.6. The maximum absolute atomic E-state index is 11.3. The lowest BCUT2D eigenvalue weighted by molar-refractivity contribution is -0.160. The lowest BCUT2D eigenvalue weighted by atomic mass is 10.2. The van der Waals surface area contributed by atoms with Crippen molar-refractivity contribution in [3.8, 4) is 0 Å². The number of rotatable bonds is 8. The minimum absolute atomic E-state index is 0.0800. The smallest absolute Gasteiger partial charge is 0.332 e. The molecule has 0 aromatic carbocycles. The molecule has 0 atom stereocenters. The minimum atomic E-state index is -0.503. The van der Waals surface area contributed by atoms with Gasteiger partial charge in [-0.3, -0.25) is 0 Å². The molecule has 0 N–H and O–H groups in total. The molecule has 0 fully saturated rings. The largest absolute Gasteiger partial charge is 0.458 e. The van der Waals surface area contributed by atoms with Gasteiger partial charge in [0, 0.05) is 13.2 Å². The Morgan fingerprint density at radius 2 is 1.05 bits per heavy atom. The van der Waals surface area contributed by atoms with Crippen LogP contribution in [0.5, 0.6) is 0 Å². The topological polar surface area (TPSA) is 71.1 Å². The fraction of sp³-hybridized carbons (Fsp3) is 0.867. The van der Waals surface area contributed by atoms with Crippen LogP contribution in [-0.2, 0) is 28.5 Å². The second-order valence-electron chi connectivity index (χ2n) is 6.63. The van der Waals surface area contributed by atoms with E-state index in [0.29, 0.717) is 19.6 Å². The van der Waals surface area contributed by atoms with Crippen molar-refractivity contribution in [2.45, 2.75) is 59.2 Å². The van der Waals surface area contributed by atoms with Gasteiger partial charge in [-0.1, -0.05) is 0 Å². The van der Waals surface area contributed by atoms with Gasteiger partial charge < -0.3 is 18.9 Å². The molecular formula is C15H28O6. The van der Waals surface area contributed by atoms with Crippen molar-refractivity contribution >= 4 is 11.9 Å². The van der Waals surface area contributed by atoms with Crippen molar-refractivity contribution < 1.29 is 28.5 Å². The molecule has 0 aliphatic heterocycles. The van der Waals surface area contributed by atoms with Gasteiger partial charge in [0.25, 0.3) is 0 Å². The van der Waals surface area contributed by atoms with Crippen LogP contribution in [-0.4, -0.2) is 49.6 Å². The van der Waals surface area contributed by atoms with E-state index in [0.717, 1.165) is 0 Å². The quantitative estimate of drug-likeness (QED) is 0.505. The van der Waals surface area contributed by atoms with E-state index >= 15 is 0 Å². The Balaban J connectivity index is 3.49. The molecule has 21 heavy (non-hydrogen) atoms. The van der Waals surface area contributed by atoms with Gasteiger partial charge in [-0.2, -0.15) is 0 Å². The summed E-state index contributed by atoms with van der Waals surface area (Å²) in [5, 5.41) is 0. The highest BCUT2D eigenvalue weighted by Gasteiger charge is 2.16. The van der Waals surface area contributed by atoms with Gasteiger partial charge in [0.1, 0.15) is 24.4 Å². The van der Waals surface area contributed by atoms with Crippen molar-refractivity contribution in [1.82, 2.24) is 0 Å². The number of hydrogen-bond donors (Lipinski definition) is 0. The van der Waals surface area contributed by atoms with Crippen LogP contribution in [0.2, 0.25) is 0 Å². The molecule has 0 rings (SSSR count). The van der Waals surface area contributed by atoms with Crippen LogP contribution >= 0.6 is 0 Å². The summed E-state index contributed by atoms with van der Waals surface area (Å²) in [6, 6.07) is 0. The van der Waals surface area contributed by atoms with Crippen LogP contribution < -0.4 is 0 Å². The summed E-state index contributed by atoms with van der Waals surface area (Å²) in [5.41, 5.74) is -1.01. The SMILES string of the molecule is CC(C)(C)OC(=O)COCCCOCC(=O)OC(C)(C)C. The lowest BCUT2D eigenvalue weighted by Gasteiger charge is -2.19. The second kappa shape index (κ2) is 9.00. The van der Waals surface area contributed by atoms with Crippen molar-refractivity contribution in [2.75, 3.05) is 26.4 Å². The molecule has 0 unspecified atom stereocenters. The first-order valence-corrected chi connectivity index (χ1v) is 7.09. The summed E-state index contributed by atoms with van der Waals surface area (Å²) < 4.78 is 20.5. The Bertz CT molecular complexity index is 292. The average molecular weight is 304 g/mol. The zero-order valence-electron chi connectivity index (χ0n) is 14.0. The van der Waals surface area contributed by atoms with Crippen LogP contribution in [0.3, 0.4) is 0 Å². The van der Waals surface area contributed by atoms with E-state index in [1.807, 2.05) is 0 Å². The summed E-state index contributed by atoms with van der Waals surface area (Å²) >= 11 is 0.